The Labute approximate surface area is 151 Å². The zero-order valence-electron chi connectivity index (χ0n) is 15.5. The monoisotopic (exact) mass is 344 g/mol. The third-order valence-corrected chi connectivity index (χ3v) is 5.50. The number of likely N-dealkylation sites (tertiary alicyclic amines) is 1. The summed E-state index contributed by atoms with van der Waals surface area (Å²) in [4.78, 5) is 14.6. The van der Waals surface area contributed by atoms with Gasteiger partial charge in [-0.25, -0.2) is 0 Å². The third-order valence-electron chi connectivity index (χ3n) is 5.50. The van der Waals surface area contributed by atoms with Gasteiger partial charge < -0.3 is 15.0 Å². The topological polar surface area (TPSA) is 41.6 Å². The average molecular weight is 344 g/mol. The predicted molar refractivity (Wildman–Crippen MR) is 101 cm³/mol. The molecule has 1 saturated heterocycles. The first-order valence-corrected chi connectivity index (χ1v) is 9.92. The second kappa shape index (κ2) is 9.23. The van der Waals surface area contributed by atoms with Crippen molar-refractivity contribution >= 4 is 5.91 Å². The molecule has 138 valence electrons. The number of amides is 1. The van der Waals surface area contributed by atoms with Crippen LogP contribution in [-0.4, -0.2) is 43.6 Å². The molecule has 0 spiro atoms. The van der Waals surface area contributed by atoms with Crippen LogP contribution in [0.4, 0.5) is 0 Å². The van der Waals surface area contributed by atoms with Crippen LogP contribution in [0.1, 0.15) is 50.5 Å². The van der Waals surface area contributed by atoms with Crippen molar-refractivity contribution in [3.05, 3.63) is 29.8 Å². The van der Waals surface area contributed by atoms with Gasteiger partial charge in [0.1, 0.15) is 5.75 Å². The fourth-order valence-electron chi connectivity index (χ4n) is 4.13. The fraction of sp³-hybridized carbons (Fsp3) is 0.667. The van der Waals surface area contributed by atoms with Gasteiger partial charge in [-0.3, -0.25) is 4.79 Å². The van der Waals surface area contributed by atoms with Crippen LogP contribution < -0.4 is 10.1 Å². The quantitative estimate of drug-likeness (QED) is 0.824. The standard InChI is InChI=1S/C21H32N2O2/c1-22-15-18-7-5-13-23(16-18)21(24)12-11-17-6-4-10-20(14-17)25-19-8-2-3-9-19/h4,6,10,14,18-19,22H,2-3,5,7-9,11-13,15-16H2,1H3. The highest BCUT2D eigenvalue weighted by Crippen LogP contribution is 2.25. The van der Waals surface area contributed by atoms with E-state index in [0.29, 0.717) is 24.3 Å². The van der Waals surface area contributed by atoms with Crippen LogP contribution in [0, 0.1) is 5.92 Å². The minimum atomic E-state index is 0.294. The van der Waals surface area contributed by atoms with E-state index < -0.39 is 0 Å². The van der Waals surface area contributed by atoms with E-state index >= 15 is 0 Å². The van der Waals surface area contributed by atoms with Crippen LogP contribution in [0.5, 0.6) is 5.75 Å². The summed E-state index contributed by atoms with van der Waals surface area (Å²) in [6.07, 6.45) is 9.04. The van der Waals surface area contributed by atoms with Crippen molar-refractivity contribution in [2.24, 2.45) is 5.92 Å². The first-order valence-electron chi connectivity index (χ1n) is 9.92. The van der Waals surface area contributed by atoms with Crippen molar-refractivity contribution in [1.29, 1.82) is 0 Å². The van der Waals surface area contributed by atoms with E-state index in [1.54, 1.807) is 0 Å². The second-order valence-electron chi connectivity index (χ2n) is 7.58. The Morgan fingerprint density at radius 3 is 2.88 bits per heavy atom. The number of rotatable bonds is 7. The van der Waals surface area contributed by atoms with E-state index in [4.69, 9.17) is 4.74 Å². The highest BCUT2D eigenvalue weighted by molar-refractivity contribution is 5.76. The van der Waals surface area contributed by atoms with Crippen molar-refractivity contribution in [2.45, 2.75) is 57.5 Å². The molecule has 1 aliphatic carbocycles. The zero-order chi connectivity index (χ0) is 17.5. The molecule has 0 radical (unpaired) electrons. The van der Waals surface area contributed by atoms with Crippen molar-refractivity contribution in [3.63, 3.8) is 0 Å². The van der Waals surface area contributed by atoms with Gasteiger partial charge in [0.2, 0.25) is 5.91 Å². The molecule has 1 unspecified atom stereocenters. The van der Waals surface area contributed by atoms with Gasteiger partial charge in [0.05, 0.1) is 6.10 Å². The molecule has 0 aromatic heterocycles. The maximum Gasteiger partial charge on any atom is 0.222 e. The number of carbonyl (C=O) groups is 1. The molecule has 1 amide bonds. The number of nitrogens with zero attached hydrogens (tertiary/aromatic N) is 1. The summed E-state index contributed by atoms with van der Waals surface area (Å²) in [5, 5.41) is 3.24. The van der Waals surface area contributed by atoms with Crippen molar-refractivity contribution in [1.82, 2.24) is 10.2 Å². The molecule has 0 bridgehead atoms. The molecule has 1 aromatic rings. The average Bonchev–Trinajstić information content (AvgIpc) is 3.13. The predicted octanol–water partition coefficient (Wildman–Crippen LogP) is 3.40. The lowest BCUT2D eigenvalue weighted by atomic mass is 9.97. The van der Waals surface area contributed by atoms with Crippen LogP contribution in [0.15, 0.2) is 24.3 Å². The molecule has 3 rings (SSSR count). The van der Waals surface area contributed by atoms with E-state index in [0.717, 1.165) is 38.2 Å². The van der Waals surface area contributed by atoms with Crippen LogP contribution in [0.3, 0.4) is 0 Å². The maximum atomic E-state index is 12.6. The van der Waals surface area contributed by atoms with Crippen LogP contribution in [-0.2, 0) is 11.2 Å². The summed E-state index contributed by atoms with van der Waals surface area (Å²) < 4.78 is 6.08. The Hall–Kier alpha value is -1.55. The molecule has 2 fully saturated rings. The molecule has 4 nitrogen and oxygen atoms in total. The minimum absolute atomic E-state index is 0.294. The smallest absolute Gasteiger partial charge is 0.222 e. The SMILES string of the molecule is CNCC1CCCN(C(=O)CCc2cccc(OC3CCCC3)c2)C1. The second-order valence-corrected chi connectivity index (χ2v) is 7.58. The highest BCUT2D eigenvalue weighted by atomic mass is 16.5. The lowest BCUT2D eigenvalue weighted by Crippen LogP contribution is -2.42. The van der Waals surface area contributed by atoms with Crippen LogP contribution >= 0.6 is 0 Å². The van der Waals surface area contributed by atoms with Gasteiger partial charge in [0.15, 0.2) is 0 Å². The first kappa shape index (κ1) is 18.2. The van der Waals surface area contributed by atoms with Crippen molar-refractivity contribution in [3.8, 4) is 5.75 Å². The van der Waals surface area contributed by atoms with Gasteiger partial charge in [0.25, 0.3) is 0 Å². The van der Waals surface area contributed by atoms with Gasteiger partial charge in [-0.05, 0) is 82.2 Å². The Morgan fingerprint density at radius 1 is 1.24 bits per heavy atom. The molecule has 1 saturated carbocycles. The minimum Gasteiger partial charge on any atom is -0.490 e. The van der Waals surface area contributed by atoms with Gasteiger partial charge in [0, 0.05) is 19.5 Å². The summed E-state index contributed by atoms with van der Waals surface area (Å²) in [7, 11) is 1.99. The molecule has 25 heavy (non-hydrogen) atoms. The molecule has 1 aromatic carbocycles. The lowest BCUT2D eigenvalue weighted by Gasteiger charge is -2.32. The van der Waals surface area contributed by atoms with Gasteiger partial charge >= 0.3 is 0 Å². The van der Waals surface area contributed by atoms with Crippen LogP contribution in [0.2, 0.25) is 0 Å². The third kappa shape index (κ3) is 5.46. The van der Waals surface area contributed by atoms with Crippen LogP contribution in [0.25, 0.3) is 0 Å². The van der Waals surface area contributed by atoms with E-state index in [-0.39, 0.29) is 0 Å². The Bertz CT molecular complexity index is 553. The number of hydrogen-bond acceptors (Lipinski definition) is 3. The Kier molecular flexibility index (Phi) is 6.74. The number of ether oxygens (including phenoxy) is 1. The van der Waals surface area contributed by atoms with Crippen molar-refractivity contribution in [2.75, 3.05) is 26.7 Å². The summed E-state index contributed by atoms with van der Waals surface area (Å²) in [6, 6.07) is 8.31. The normalized spacial score (nSPS) is 21.5. The summed E-state index contributed by atoms with van der Waals surface area (Å²) in [5.41, 5.74) is 1.20. The summed E-state index contributed by atoms with van der Waals surface area (Å²) in [6.45, 7) is 2.83. The number of benzene rings is 1. The fourth-order valence-corrected chi connectivity index (χ4v) is 4.13. The molecular formula is C21H32N2O2. The van der Waals surface area contributed by atoms with Gasteiger partial charge in [-0.1, -0.05) is 12.1 Å². The highest BCUT2D eigenvalue weighted by Gasteiger charge is 2.23. The maximum absolute atomic E-state index is 12.6. The van der Waals surface area contributed by atoms with Gasteiger partial charge in [-0.2, -0.15) is 0 Å². The Balaban J connectivity index is 1.48. The number of hydrogen-bond donors (Lipinski definition) is 1. The molecule has 1 atom stereocenters. The Morgan fingerprint density at radius 2 is 2.08 bits per heavy atom. The first-order chi connectivity index (χ1) is 12.2. The summed E-state index contributed by atoms with van der Waals surface area (Å²) >= 11 is 0. The molecular weight excluding hydrogens is 312 g/mol. The molecule has 2 aliphatic rings. The summed E-state index contributed by atoms with van der Waals surface area (Å²) in [5.74, 6) is 1.86. The number of piperidine rings is 1. The van der Waals surface area contributed by atoms with E-state index in [9.17, 15) is 4.79 Å². The van der Waals surface area contributed by atoms with E-state index in [1.165, 1.54) is 37.7 Å². The largest absolute Gasteiger partial charge is 0.490 e. The van der Waals surface area contributed by atoms with Gasteiger partial charge in [-0.15, -0.1) is 0 Å². The number of aryl methyl sites for hydroxylation is 1. The lowest BCUT2D eigenvalue weighted by molar-refractivity contribution is -0.132. The molecule has 1 heterocycles. The van der Waals surface area contributed by atoms with E-state index in [1.807, 2.05) is 19.2 Å². The number of nitrogens with one attached hydrogen (secondary N) is 1. The zero-order valence-corrected chi connectivity index (χ0v) is 15.5. The number of carbonyl (C=O) groups excluding carboxylic acids is 1. The van der Waals surface area contributed by atoms with Crippen molar-refractivity contribution < 1.29 is 9.53 Å². The van der Waals surface area contributed by atoms with E-state index in [2.05, 4.69) is 22.3 Å². The molecule has 4 heteroatoms. The molecule has 1 aliphatic heterocycles. The molecule has 1 N–H and O–H groups in total.